The van der Waals surface area contributed by atoms with Crippen molar-refractivity contribution in [1.29, 1.82) is 0 Å². The normalized spacial score (nSPS) is 27.0. The molecule has 1 fully saturated rings. The number of carbonyl (C=O) groups is 1. The van der Waals surface area contributed by atoms with Gasteiger partial charge >= 0.3 is 0 Å². The molecule has 1 atom stereocenters. The number of nitrogens with one attached hydrogen (secondary N) is 1. The molecule has 1 saturated heterocycles. The van der Waals surface area contributed by atoms with Crippen LogP contribution in [0.15, 0.2) is 35.6 Å². The highest BCUT2D eigenvalue weighted by atomic mass is 16.3. The minimum atomic E-state index is -0.264. The van der Waals surface area contributed by atoms with Gasteiger partial charge in [0.25, 0.3) is 0 Å². The Kier molecular flexibility index (Phi) is 1.50. The number of aliphatic hydroxyl groups excluding tert-OH is 1. The molecule has 1 amide bonds. The van der Waals surface area contributed by atoms with E-state index in [1.165, 1.54) is 0 Å². The van der Waals surface area contributed by atoms with E-state index in [4.69, 9.17) is 0 Å². The van der Waals surface area contributed by atoms with Crippen LogP contribution in [0.4, 0.5) is 0 Å². The Bertz CT molecular complexity index is 312. The van der Waals surface area contributed by atoms with Crippen molar-refractivity contribution < 1.29 is 9.90 Å². The highest BCUT2D eigenvalue weighted by molar-refractivity contribution is 5.87. The first-order chi connectivity index (χ1) is 5.79. The van der Waals surface area contributed by atoms with E-state index < -0.39 is 0 Å². The van der Waals surface area contributed by atoms with Crippen LogP contribution in [0.3, 0.4) is 0 Å². The summed E-state index contributed by atoms with van der Waals surface area (Å²) in [7, 11) is 0. The molecule has 3 nitrogen and oxygen atoms in total. The average molecular weight is 163 g/mol. The number of carbonyl (C=O) groups excluding carboxylic acids is 1. The zero-order valence-corrected chi connectivity index (χ0v) is 6.45. The number of aliphatic hydroxyl groups is 1. The van der Waals surface area contributed by atoms with E-state index in [0.29, 0.717) is 6.54 Å². The Labute approximate surface area is 70.1 Å². The fourth-order valence-corrected chi connectivity index (χ4v) is 1.44. The van der Waals surface area contributed by atoms with E-state index >= 15 is 0 Å². The summed E-state index contributed by atoms with van der Waals surface area (Å²) in [5.74, 6) is -0.0835. The SMILES string of the molecule is O=C1NCC2=C(O)C=CC=CC12. The van der Waals surface area contributed by atoms with Crippen molar-refractivity contribution in [2.24, 2.45) is 5.92 Å². The van der Waals surface area contributed by atoms with Crippen LogP contribution in [-0.4, -0.2) is 17.6 Å². The maximum absolute atomic E-state index is 11.2. The summed E-state index contributed by atoms with van der Waals surface area (Å²) in [5.41, 5.74) is 0.769. The number of allylic oxidation sites excluding steroid dienone is 3. The van der Waals surface area contributed by atoms with Crippen molar-refractivity contribution in [2.75, 3.05) is 6.54 Å². The van der Waals surface area contributed by atoms with Crippen molar-refractivity contribution >= 4 is 5.91 Å². The first kappa shape index (κ1) is 7.16. The number of hydrogen-bond donors (Lipinski definition) is 2. The molecule has 0 bridgehead atoms. The number of hydrogen-bond acceptors (Lipinski definition) is 2. The molecule has 0 aromatic rings. The lowest BCUT2D eigenvalue weighted by Crippen LogP contribution is -2.17. The van der Waals surface area contributed by atoms with E-state index in [9.17, 15) is 9.90 Å². The van der Waals surface area contributed by atoms with Crippen LogP contribution in [0.1, 0.15) is 0 Å². The fourth-order valence-electron chi connectivity index (χ4n) is 1.44. The summed E-state index contributed by atoms with van der Waals surface area (Å²) >= 11 is 0. The molecule has 1 aliphatic heterocycles. The predicted molar refractivity (Wildman–Crippen MR) is 44.4 cm³/mol. The Morgan fingerprint density at radius 1 is 1.50 bits per heavy atom. The Morgan fingerprint density at radius 3 is 3.17 bits per heavy atom. The highest BCUT2D eigenvalue weighted by Gasteiger charge is 2.29. The lowest BCUT2D eigenvalue weighted by atomic mass is 10.0. The number of fused-ring (bicyclic) bond motifs is 1. The first-order valence-electron chi connectivity index (χ1n) is 3.83. The summed E-state index contributed by atoms with van der Waals surface area (Å²) in [6.07, 6.45) is 6.90. The maximum atomic E-state index is 11.2. The molecule has 0 aromatic heterocycles. The van der Waals surface area contributed by atoms with Gasteiger partial charge in [-0.05, 0) is 6.08 Å². The Balaban J connectivity index is 2.46. The van der Waals surface area contributed by atoms with E-state index in [2.05, 4.69) is 5.32 Å². The number of rotatable bonds is 0. The van der Waals surface area contributed by atoms with Crippen LogP contribution in [0.2, 0.25) is 0 Å². The first-order valence-corrected chi connectivity index (χ1v) is 3.83. The van der Waals surface area contributed by atoms with Gasteiger partial charge in [-0.1, -0.05) is 18.2 Å². The minimum absolute atomic E-state index is 0.0310. The third-order valence-electron chi connectivity index (χ3n) is 2.11. The van der Waals surface area contributed by atoms with Gasteiger partial charge in [0, 0.05) is 12.1 Å². The third-order valence-corrected chi connectivity index (χ3v) is 2.11. The van der Waals surface area contributed by atoms with Gasteiger partial charge in [-0.2, -0.15) is 0 Å². The van der Waals surface area contributed by atoms with Gasteiger partial charge < -0.3 is 10.4 Å². The lowest BCUT2D eigenvalue weighted by molar-refractivity contribution is -0.120. The predicted octanol–water partition coefficient (Wildman–Crippen LogP) is 0.670. The Morgan fingerprint density at radius 2 is 2.33 bits per heavy atom. The van der Waals surface area contributed by atoms with Crippen LogP contribution >= 0.6 is 0 Å². The summed E-state index contributed by atoms with van der Waals surface area (Å²) in [5, 5.41) is 12.1. The molecule has 0 saturated carbocycles. The molecule has 3 heteroatoms. The van der Waals surface area contributed by atoms with Crippen molar-refractivity contribution in [3.05, 3.63) is 35.6 Å². The van der Waals surface area contributed by atoms with Gasteiger partial charge in [0.05, 0.1) is 5.92 Å². The lowest BCUT2D eigenvalue weighted by Gasteiger charge is -2.01. The summed E-state index contributed by atoms with van der Waals surface area (Å²) in [6.45, 7) is 0.462. The standard InChI is InChI=1S/C9H9NO2/c11-8-4-2-1-3-6-7(8)5-10-9(6)12/h1-4,6,11H,5H2,(H,10,12). The van der Waals surface area contributed by atoms with E-state index in [1.807, 2.05) is 0 Å². The molecule has 0 spiro atoms. The molecular weight excluding hydrogens is 154 g/mol. The summed E-state index contributed by atoms with van der Waals surface area (Å²) < 4.78 is 0. The van der Waals surface area contributed by atoms with Crippen LogP contribution in [0.25, 0.3) is 0 Å². The molecule has 2 N–H and O–H groups in total. The zero-order chi connectivity index (χ0) is 8.55. The topological polar surface area (TPSA) is 49.3 Å². The van der Waals surface area contributed by atoms with Gasteiger partial charge in [0.15, 0.2) is 0 Å². The molecule has 12 heavy (non-hydrogen) atoms. The molecule has 1 aliphatic carbocycles. The smallest absolute Gasteiger partial charge is 0.231 e. The minimum Gasteiger partial charge on any atom is -0.508 e. The summed E-state index contributed by atoms with van der Waals surface area (Å²) in [6, 6.07) is 0. The largest absolute Gasteiger partial charge is 0.508 e. The molecule has 1 unspecified atom stereocenters. The van der Waals surface area contributed by atoms with Gasteiger partial charge in [-0.15, -0.1) is 0 Å². The second-order valence-electron chi connectivity index (χ2n) is 2.85. The third kappa shape index (κ3) is 0.942. The molecular formula is C9H9NO2. The molecule has 0 radical (unpaired) electrons. The van der Waals surface area contributed by atoms with Gasteiger partial charge in [-0.25, -0.2) is 0 Å². The average Bonchev–Trinajstić information content (AvgIpc) is 2.30. The molecule has 1 heterocycles. The van der Waals surface area contributed by atoms with Crippen LogP contribution < -0.4 is 5.32 Å². The van der Waals surface area contributed by atoms with E-state index in [-0.39, 0.29) is 17.6 Å². The van der Waals surface area contributed by atoms with Gasteiger partial charge in [-0.3, -0.25) is 4.79 Å². The van der Waals surface area contributed by atoms with E-state index in [0.717, 1.165) is 5.57 Å². The highest BCUT2D eigenvalue weighted by Crippen LogP contribution is 2.23. The van der Waals surface area contributed by atoms with Crippen LogP contribution in [0, 0.1) is 5.92 Å². The quantitative estimate of drug-likeness (QED) is 0.551. The van der Waals surface area contributed by atoms with Crippen molar-refractivity contribution in [1.82, 2.24) is 5.32 Å². The fraction of sp³-hybridized carbons (Fsp3) is 0.222. The summed E-state index contributed by atoms with van der Waals surface area (Å²) in [4.78, 5) is 11.2. The Hall–Kier alpha value is -1.51. The van der Waals surface area contributed by atoms with Crippen molar-refractivity contribution in [3.8, 4) is 0 Å². The maximum Gasteiger partial charge on any atom is 0.231 e. The zero-order valence-electron chi connectivity index (χ0n) is 6.45. The monoisotopic (exact) mass is 163 g/mol. The molecule has 2 aliphatic rings. The van der Waals surface area contributed by atoms with Gasteiger partial charge in [0.1, 0.15) is 5.76 Å². The van der Waals surface area contributed by atoms with Crippen LogP contribution in [-0.2, 0) is 4.79 Å². The van der Waals surface area contributed by atoms with Crippen molar-refractivity contribution in [3.63, 3.8) is 0 Å². The second-order valence-corrected chi connectivity index (χ2v) is 2.85. The van der Waals surface area contributed by atoms with Gasteiger partial charge in [0.2, 0.25) is 5.91 Å². The molecule has 2 rings (SSSR count). The van der Waals surface area contributed by atoms with E-state index in [1.54, 1.807) is 24.3 Å². The second kappa shape index (κ2) is 2.52. The van der Waals surface area contributed by atoms with Crippen molar-refractivity contribution in [2.45, 2.75) is 0 Å². The number of amides is 1. The molecule has 62 valence electrons. The van der Waals surface area contributed by atoms with Crippen LogP contribution in [0.5, 0.6) is 0 Å². The molecule has 0 aromatic carbocycles.